The third kappa shape index (κ3) is 2.14. The van der Waals surface area contributed by atoms with Gasteiger partial charge in [-0.05, 0) is 38.9 Å². The summed E-state index contributed by atoms with van der Waals surface area (Å²) in [5, 5.41) is -0.541. The fraction of sp³-hybridized carbons (Fsp3) is 0.875. The molecule has 0 amide bonds. The summed E-state index contributed by atoms with van der Waals surface area (Å²) < 4.78 is 25.8. The molecule has 0 aliphatic heterocycles. The van der Waals surface area contributed by atoms with Gasteiger partial charge < -0.3 is 0 Å². The van der Waals surface area contributed by atoms with E-state index in [1.54, 1.807) is 13.8 Å². The van der Waals surface area contributed by atoms with Crippen molar-refractivity contribution in [2.24, 2.45) is 17.3 Å². The molecular weight excluding hydrogens is 345 g/mol. The highest BCUT2D eigenvalue weighted by Gasteiger charge is 2.67. The predicted molar refractivity (Wildman–Crippen MR) is 58.2 cm³/mol. The minimum atomic E-state index is -3.02. The summed E-state index contributed by atoms with van der Waals surface area (Å²) in [4.78, 5) is 6.86. The summed E-state index contributed by atoms with van der Waals surface area (Å²) in [5.41, 5.74) is -0.454. The molecule has 82 valence electrons. The third-order valence-electron chi connectivity index (χ3n) is 2.78. The van der Waals surface area contributed by atoms with Crippen molar-refractivity contribution in [1.29, 1.82) is 0 Å². The first-order chi connectivity index (χ1) is 6.10. The van der Waals surface area contributed by atoms with Gasteiger partial charge in [-0.2, -0.15) is 8.78 Å². The van der Waals surface area contributed by atoms with Gasteiger partial charge in [0.1, 0.15) is 0 Å². The van der Waals surface area contributed by atoms with E-state index in [9.17, 15) is 13.6 Å². The molecular formula is C8H9Br2ClF2O. The normalized spacial score (nSPS) is 32.5. The summed E-state index contributed by atoms with van der Waals surface area (Å²) in [5.74, 6) is -0.918. The maximum absolute atomic E-state index is 12.9. The Morgan fingerprint density at radius 3 is 2.21 bits per heavy atom. The molecule has 6 heteroatoms. The first-order valence-electron chi connectivity index (χ1n) is 4.00. The van der Waals surface area contributed by atoms with Crippen LogP contribution in [0.2, 0.25) is 0 Å². The van der Waals surface area contributed by atoms with E-state index >= 15 is 0 Å². The van der Waals surface area contributed by atoms with Crippen molar-refractivity contribution in [3.05, 3.63) is 0 Å². The molecule has 0 heterocycles. The highest BCUT2D eigenvalue weighted by atomic mass is 79.9. The number of hydrogen-bond donors (Lipinski definition) is 0. The van der Waals surface area contributed by atoms with Gasteiger partial charge in [-0.25, -0.2) is 0 Å². The van der Waals surface area contributed by atoms with Crippen LogP contribution in [-0.2, 0) is 4.79 Å². The van der Waals surface area contributed by atoms with Gasteiger partial charge in [0.15, 0.2) is 0 Å². The van der Waals surface area contributed by atoms with Gasteiger partial charge in [-0.3, -0.25) is 4.79 Å². The number of rotatable bonds is 3. The van der Waals surface area contributed by atoms with E-state index in [1.807, 2.05) is 0 Å². The molecule has 0 bridgehead atoms. The van der Waals surface area contributed by atoms with Crippen molar-refractivity contribution in [2.45, 2.75) is 23.5 Å². The van der Waals surface area contributed by atoms with Gasteiger partial charge in [0.05, 0.1) is 4.83 Å². The van der Waals surface area contributed by atoms with Crippen LogP contribution in [-0.4, -0.2) is 14.9 Å². The first kappa shape index (κ1) is 12.8. The van der Waals surface area contributed by atoms with E-state index in [4.69, 9.17) is 11.6 Å². The molecule has 0 spiro atoms. The van der Waals surface area contributed by atoms with E-state index in [2.05, 4.69) is 31.9 Å². The Morgan fingerprint density at radius 2 is 2.00 bits per heavy atom. The lowest BCUT2D eigenvalue weighted by Crippen LogP contribution is -2.25. The number of hydrogen-bond acceptors (Lipinski definition) is 1. The van der Waals surface area contributed by atoms with E-state index in [0.29, 0.717) is 0 Å². The molecule has 0 radical (unpaired) electrons. The molecule has 1 saturated carbocycles. The van der Waals surface area contributed by atoms with Gasteiger partial charge >= 0.3 is 4.83 Å². The SMILES string of the molecule is CC1(C)C(C(=O)Cl)[C@H]1C(Br)C(F)(F)Br. The molecule has 0 aromatic rings. The highest BCUT2D eigenvalue weighted by molar-refractivity contribution is 9.12. The number of carbonyl (C=O) groups excluding carboxylic acids is 1. The second-order valence-corrected chi connectivity index (χ2v) is 6.49. The van der Waals surface area contributed by atoms with E-state index < -0.39 is 32.2 Å². The zero-order valence-electron chi connectivity index (χ0n) is 7.53. The molecule has 0 N–H and O–H groups in total. The fourth-order valence-electron chi connectivity index (χ4n) is 1.86. The predicted octanol–water partition coefficient (Wildman–Crippen LogP) is 3.78. The van der Waals surface area contributed by atoms with Crippen LogP contribution < -0.4 is 0 Å². The van der Waals surface area contributed by atoms with Crippen LogP contribution in [0.5, 0.6) is 0 Å². The van der Waals surface area contributed by atoms with Crippen LogP contribution >= 0.6 is 43.5 Å². The zero-order valence-corrected chi connectivity index (χ0v) is 11.5. The van der Waals surface area contributed by atoms with E-state index in [1.165, 1.54) is 0 Å². The maximum Gasteiger partial charge on any atom is 0.313 e. The smallest absolute Gasteiger partial charge is 0.281 e. The standard InChI is InChI=1S/C8H9Br2ClF2O/c1-7(2)3(4(7)6(11)14)5(9)8(10,12)13/h3-5H,1-2H3/t3-,4?,5?/m0/s1. The van der Waals surface area contributed by atoms with Gasteiger partial charge in [0.25, 0.3) is 0 Å². The van der Waals surface area contributed by atoms with Crippen molar-refractivity contribution in [2.75, 3.05) is 0 Å². The molecule has 1 aliphatic rings. The molecule has 14 heavy (non-hydrogen) atoms. The van der Waals surface area contributed by atoms with Gasteiger partial charge in [-0.15, -0.1) is 0 Å². The molecule has 0 saturated heterocycles. The third-order valence-corrected chi connectivity index (χ3v) is 5.27. The van der Waals surface area contributed by atoms with Gasteiger partial charge in [-0.1, -0.05) is 29.8 Å². The summed E-state index contributed by atoms with van der Waals surface area (Å²) in [6.07, 6.45) is 0. The Balaban J connectivity index is 2.79. The first-order valence-corrected chi connectivity index (χ1v) is 6.09. The Hall–Kier alpha value is 0.780. The average Bonchev–Trinajstić information content (AvgIpc) is 2.49. The number of halogens is 5. The van der Waals surface area contributed by atoms with Gasteiger partial charge in [0, 0.05) is 5.92 Å². The molecule has 0 aromatic carbocycles. The van der Waals surface area contributed by atoms with Crippen LogP contribution in [0.3, 0.4) is 0 Å². The molecule has 1 aliphatic carbocycles. The number of carbonyl (C=O) groups is 1. The van der Waals surface area contributed by atoms with Gasteiger partial charge in [0.2, 0.25) is 5.24 Å². The van der Waals surface area contributed by atoms with Crippen LogP contribution in [0.4, 0.5) is 8.78 Å². The Bertz CT molecular complexity index is 265. The maximum atomic E-state index is 12.9. The second-order valence-electron chi connectivity index (χ2n) is 4.07. The molecule has 1 nitrogen and oxygen atoms in total. The van der Waals surface area contributed by atoms with Crippen molar-refractivity contribution in [3.63, 3.8) is 0 Å². The van der Waals surface area contributed by atoms with Crippen LogP contribution in [0, 0.1) is 17.3 Å². The summed E-state index contributed by atoms with van der Waals surface area (Å²) in [6.45, 7) is 3.52. The van der Waals surface area contributed by atoms with Crippen LogP contribution in [0.25, 0.3) is 0 Å². The van der Waals surface area contributed by atoms with E-state index in [-0.39, 0.29) is 0 Å². The summed E-state index contributed by atoms with van der Waals surface area (Å²) in [6, 6.07) is 0. The molecule has 1 fully saturated rings. The largest absolute Gasteiger partial charge is 0.313 e. The fourth-order valence-corrected chi connectivity index (χ4v) is 3.55. The Labute approximate surface area is 103 Å². The minimum absolute atomic E-state index is 0.429. The average molecular weight is 354 g/mol. The topological polar surface area (TPSA) is 17.1 Å². The quantitative estimate of drug-likeness (QED) is 0.557. The van der Waals surface area contributed by atoms with Crippen LogP contribution in [0.15, 0.2) is 0 Å². The monoisotopic (exact) mass is 352 g/mol. The molecule has 3 atom stereocenters. The number of alkyl halides is 4. The summed E-state index contributed by atoms with van der Waals surface area (Å²) >= 11 is 10.5. The Kier molecular flexibility index (Phi) is 3.36. The van der Waals surface area contributed by atoms with Crippen molar-refractivity contribution < 1.29 is 13.6 Å². The zero-order chi connectivity index (χ0) is 11.3. The molecule has 2 unspecified atom stereocenters. The molecule has 1 rings (SSSR count). The Morgan fingerprint density at radius 1 is 1.57 bits per heavy atom. The second kappa shape index (κ2) is 3.67. The van der Waals surface area contributed by atoms with Crippen LogP contribution in [0.1, 0.15) is 13.8 Å². The lowest BCUT2D eigenvalue weighted by atomic mass is 10.1. The van der Waals surface area contributed by atoms with Crippen molar-refractivity contribution in [1.82, 2.24) is 0 Å². The molecule has 0 aromatic heterocycles. The summed E-state index contributed by atoms with van der Waals surface area (Å²) in [7, 11) is 0. The van der Waals surface area contributed by atoms with E-state index in [0.717, 1.165) is 0 Å². The lowest BCUT2D eigenvalue weighted by Gasteiger charge is -2.16. The highest BCUT2D eigenvalue weighted by Crippen LogP contribution is 2.64. The minimum Gasteiger partial charge on any atom is -0.281 e. The lowest BCUT2D eigenvalue weighted by molar-refractivity contribution is -0.113. The van der Waals surface area contributed by atoms with Crippen molar-refractivity contribution in [3.8, 4) is 0 Å². The van der Waals surface area contributed by atoms with Crippen molar-refractivity contribution >= 4 is 48.7 Å².